The zero-order valence-electron chi connectivity index (χ0n) is 13.7. The Labute approximate surface area is 146 Å². The summed E-state index contributed by atoms with van der Waals surface area (Å²) in [6.07, 6.45) is 4.12. The fourth-order valence-corrected chi connectivity index (χ4v) is 3.31. The van der Waals surface area contributed by atoms with E-state index < -0.39 is 0 Å². The summed E-state index contributed by atoms with van der Waals surface area (Å²) in [5.41, 5.74) is 5.94. The molecule has 7 heteroatoms. The molecule has 3 atom stereocenters. The van der Waals surface area contributed by atoms with Crippen molar-refractivity contribution in [2.24, 2.45) is 11.7 Å². The SMILES string of the molecule is CC(CNC(=O)C1CCCCC1(C)N)N1CCOCC1.Cl.Cl. The molecule has 132 valence electrons. The number of rotatable bonds is 4. The Morgan fingerprint density at radius 2 is 2.00 bits per heavy atom. The number of carbonyl (C=O) groups is 1. The van der Waals surface area contributed by atoms with Gasteiger partial charge in [0, 0.05) is 31.2 Å². The summed E-state index contributed by atoms with van der Waals surface area (Å²) in [6.45, 7) is 8.37. The van der Waals surface area contributed by atoms with Crippen LogP contribution in [0.5, 0.6) is 0 Å². The molecular weight excluding hydrogens is 325 g/mol. The monoisotopic (exact) mass is 355 g/mol. The van der Waals surface area contributed by atoms with Crippen LogP contribution in [0.15, 0.2) is 0 Å². The third-order valence-electron chi connectivity index (χ3n) is 4.81. The van der Waals surface area contributed by atoms with Crippen LogP contribution in [0.25, 0.3) is 0 Å². The molecule has 0 radical (unpaired) electrons. The highest BCUT2D eigenvalue weighted by Crippen LogP contribution is 2.31. The predicted octanol–water partition coefficient (Wildman–Crippen LogP) is 1.57. The van der Waals surface area contributed by atoms with E-state index in [1.807, 2.05) is 6.92 Å². The predicted molar refractivity (Wildman–Crippen MR) is 93.9 cm³/mol. The minimum Gasteiger partial charge on any atom is -0.379 e. The Kier molecular flexibility index (Phi) is 9.90. The van der Waals surface area contributed by atoms with E-state index in [0.717, 1.165) is 52.0 Å². The second kappa shape index (κ2) is 9.93. The second-order valence-electron chi connectivity index (χ2n) is 6.55. The maximum Gasteiger partial charge on any atom is 0.225 e. The molecule has 22 heavy (non-hydrogen) atoms. The molecule has 3 N–H and O–H groups in total. The topological polar surface area (TPSA) is 67.6 Å². The molecule has 1 aliphatic heterocycles. The maximum atomic E-state index is 12.4. The van der Waals surface area contributed by atoms with Gasteiger partial charge in [-0.1, -0.05) is 12.8 Å². The van der Waals surface area contributed by atoms with Crippen LogP contribution >= 0.6 is 24.8 Å². The number of nitrogens with two attached hydrogens (primary N) is 1. The molecule has 1 amide bonds. The van der Waals surface area contributed by atoms with E-state index in [1.54, 1.807) is 0 Å². The molecule has 1 heterocycles. The zero-order chi connectivity index (χ0) is 14.6. The Morgan fingerprint density at radius 1 is 1.36 bits per heavy atom. The standard InChI is InChI=1S/C15H29N3O2.2ClH/c1-12(18-7-9-20-10-8-18)11-17-14(19)13-5-3-4-6-15(13,2)16;;/h12-13H,3-11,16H2,1-2H3,(H,17,19);2*1H. The summed E-state index contributed by atoms with van der Waals surface area (Å²) in [4.78, 5) is 14.7. The Morgan fingerprint density at radius 3 is 2.59 bits per heavy atom. The van der Waals surface area contributed by atoms with Gasteiger partial charge in [0.15, 0.2) is 0 Å². The van der Waals surface area contributed by atoms with Crippen molar-refractivity contribution >= 4 is 30.7 Å². The minimum absolute atomic E-state index is 0. The molecule has 0 aromatic rings. The molecular formula is C15H31Cl2N3O2. The average Bonchev–Trinajstić information content (AvgIpc) is 2.45. The van der Waals surface area contributed by atoms with Gasteiger partial charge in [-0.3, -0.25) is 9.69 Å². The van der Waals surface area contributed by atoms with Crippen LogP contribution in [0.4, 0.5) is 0 Å². The number of halogens is 2. The average molecular weight is 356 g/mol. The third-order valence-corrected chi connectivity index (χ3v) is 4.81. The normalized spacial score (nSPS) is 30.6. The highest BCUT2D eigenvalue weighted by molar-refractivity contribution is 5.85. The smallest absolute Gasteiger partial charge is 0.225 e. The van der Waals surface area contributed by atoms with E-state index in [1.165, 1.54) is 0 Å². The van der Waals surface area contributed by atoms with Gasteiger partial charge in [-0.2, -0.15) is 0 Å². The zero-order valence-corrected chi connectivity index (χ0v) is 15.3. The molecule has 1 aliphatic carbocycles. The van der Waals surface area contributed by atoms with Crippen molar-refractivity contribution in [2.75, 3.05) is 32.8 Å². The van der Waals surface area contributed by atoms with Gasteiger partial charge in [0.2, 0.25) is 5.91 Å². The number of nitrogens with zero attached hydrogens (tertiary/aromatic N) is 1. The number of carbonyl (C=O) groups excluding carboxylic acids is 1. The summed E-state index contributed by atoms with van der Waals surface area (Å²) >= 11 is 0. The number of hydrogen-bond acceptors (Lipinski definition) is 4. The first-order valence-electron chi connectivity index (χ1n) is 7.89. The van der Waals surface area contributed by atoms with E-state index in [9.17, 15) is 4.79 Å². The fourth-order valence-electron chi connectivity index (χ4n) is 3.31. The van der Waals surface area contributed by atoms with Gasteiger partial charge in [-0.15, -0.1) is 24.8 Å². The van der Waals surface area contributed by atoms with Crippen LogP contribution in [-0.2, 0) is 9.53 Å². The van der Waals surface area contributed by atoms with E-state index in [-0.39, 0.29) is 42.2 Å². The Balaban J connectivity index is 0.00000220. The van der Waals surface area contributed by atoms with Gasteiger partial charge in [-0.25, -0.2) is 0 Å². The summed E-state index contributed by atoms with van der Waals surface area (Å²) in [7, 11) is 0. The summed E-state index contributed by atoms with van der Waals surface area (Å²) in [6, 6.07) is 0.357. The number of morpholine rings is 1. The Bertz CT molecular complexity index is 337. The molecule has 5 nitrogen and oxygen atoms in total. The molecule has 1 saturated carbocycles. The van der Waals surface area contributed by atoms with Gasteiger partial charge >= 0.3 is 0 Å². The van der Waals surface area contributed by atoms with Crippen molar-refractivity contribution < 1.29 is 9.53 Å². The fraction of sp³-hybridized carbons (Fsp3) is 0.933. The first-order chi connectivity index (χ1) is 9.50. The van der Waals surface area contributed by atoms with Crippen molar-refractivity contribution in [3.05, 3.63) is 0 Å². The molecule has 2 fully saturated rings. The first kappa shape index (κ1) is 21.9. The van der Waals surface area contributed by atoms with Crippen LogP contribution < -0.4 is 11.1 Å². The van der Waals surface area contributed by atoms with E-state index in [0.29, 0.717) is 12.6 Å². The molecule has 2 aliphatic rings. The number of nitrogens with one attached hydrogen (secondary N) is 1. The lowest BCUT2D eigenvalue weighted by molar-refractivity contribution is -0.128. The minimum atomic E-state index is -0.343. The van der Waals surface area contributed by atoms with Crippen LogP contribution in [0.1, 0.15) is 39.5 Å². The second-order valence-corrected chi connectivity index (χ2v) is 6.55. The molecule has 0 spiro atoms. The Hall–Kier alpha value is -0.0700. The van der Waals surface area contributed by atoms with E-state index >= 15 is 0 Å². The van der Waals surface area contributed by atoms with Crippen LogP contribution in [0.3, 0.4) is 0 Å². The van der Waals surface area contributed by atoms with Gasteiger partial charge < -0.3 is 15.8 Å². The molecule has 0 aromatic carbocycles. The number of hydrogen-bond donors (Lipinski definition) is 2. The molecule has 3 unspecified atom stereocenters. The van der Waals surface area contributed by atoms with E-state index in [4.69, 9.17) is 10.5 Å². The highest BCUT2D eigenvalue weighted by Gasteiger charge is 2.37. The van der Waals surface area contributed by atoms with E-state index in [2.05, 4.69) is 17.1 Å². The van der Waals surface area contributed by atoms with Crippen LogP contribution in [-0.4, -0.2) is 55.2 Å². The summed E-state index contributed by atoms with van der Waals surface area (Å²) in [5, 5.41) is 3.10. The molecule has 1 saturated heterocycles. The maximum absolute atomic E-state index is 12.4. The molecule has 0 aromatic heterocycles. The molecule has 2 rings (SSSR count). The van der Waals surface area contributed by atoms with Gasteiger partial charge in [0.25, 0.3) is 0 Å². The first-order valence-corrected chi connectivity index (χ1v) is 7.89. The number of amides is 1. The quantitative estimate of drug-likeness (QED) is 0.803. The van der Waals surface area contributed by atoms with Crippen molar-refractivity contribution in [1.29, 1.82) is 0 Å². The number of ether oxygens (including phenoxy) is 1. The third kappa shape index (κ3) is 5.85. The summed E-state index contributed by atoms with van der Waals surface area (Å²) in [5.74, 6) is 0.1000. The molecule has 0 bridgehead atoms. The van der Waals surface area contributed by atoms with Crippen molar-refractivity contribution in [2.45, 2.75) is 51.1 Å². The lowest BCUT2D eigenvalue weighted by Crippen LogP contribution is -2.54. The van der Waals surface area contributed by atoms with Gasteiger partial charge in [0.05, 0.1) is 19.1 Å². The summed E-state index contributed by atoms with van der Waals surface area (Å²) < 4.78 is 5.35. The van der Waals surface area contributed by atoms with Gasteiger partial charge in [0.1, 0.15) is 0 Å². The van der Waals surface area contributed by atoms with Crippen molar-refractivity contribution in [3.8, 4) is 0 Å². The van der Waals surface area contributed by atoms with Gasteiger partial charge in [-0.05, 0) is 26.7 Å². The lowest BCUT2D eigenvalue weighted by atomic mass is 9.74. The van der Waals surface area contributed by atoms with Crippen LogP contribution in [0, 0.1) is 5.92 Å². The largest absolute Gasteiger partial charge is 0.379 e. The lowest BCUT2D eigenvalue weighted by Gasteiger charge is -2.38. The highest BCUT2D eigenvalue weighted by atomic mass is 35.5. The van der Waals surface area contributed by atoms with Crippen LogP contribution in [0.2, 0.25) is 0 Å². The van der Waals surface area contributed by atoms with Crippen molar-refractivity contribution in [1.82, 2.24) is 10.2 Å². The van der Waals surface area contributed by atoms with Crippen molar-refractivity contribution in [3.63, 3.8) is 0 Å².